The van der Waals surface area contributed by atoms with E-state index in [0.717, 1.165) is 25.8 Å². The Kier molecular flexibility index (Phi) is 5.24. The van der Waals surface area contributed by atoms with E-state index in [1.54, 1.807) is 0 Å². The molecule has 4 heteroatoms. The van der Waals surface area contributed by atoms with Crippen LogP contribution in [0, 0.1) is 6.92 Å². The maximum Gasteiger partial charge on any atom is 0.120 e. The molecule has 2 aromatic carbocycles. The van der Waals surface area contributed by atoms with Crippen LogP contribution in [0.25, 0.3) is 0 Å². The molecule has 0 amide bonds. The van der Waals surface area contributed by atoms with Gasteiger partial charge in [0.25, 0.3) is 0 Å². The van der Waals surface area contributed by atoms with Crippen molar-refractivity contribution in [2.45, 2.75) is 19.9 Å². The molecule has 2 nitrogen and oxygen atoms in total. The lowest BCUT2D eigenvalue weighted by molar-refractivity contribution is 0.340. The number of rotatable bonds is 4. The molecule has 0 aliphatic rings. The van der Waals surface area contributed by atoms with E-state index >= 15 is 0 Å². The largest absolute Gasteiger partial charge is 0.494 e. The van der Waals surface area contributed by atoms with Gasteiger partial charge in [-0.3, -0.25) is 0 Å². The van der Waals surface area contributed by atoms with Gasteiger partial charge in [0.15, 0.2) is 0 Å². The van der Waals surface area contributed by atoms with Gasteiger partial charge >= 0.3 is 0 Å². The predicted molar refractivity (Wildman–Crippen MR) is 90.2 cm³/mol. The molecule has 1 atom stereocenters. The topological polar surface area (TPSA) is 35.2 Å². The van der Waals surface area contributed by atoms with E-state index in [2.05, 4.69) is 44.8 Å². The van der Waals surface area contributed by atoms with Crippen molar-refractivity contribution in [3.63, 3.8) is 0 Å². The summed E-state index contributed by atoms with van der Waals surface area (Å²) in [5.74, 6) is 0.846. The number of hydrogen-bond acceptors (Lipinski definition) is 2. The molecular weight excluding hydrogens is 382 g/mol. The summed E-state index contributed by atoms with van der Waals surface area (Å²) in [5, 5.41) is 0. The highest BCUT2D eigenvalue weighted by Crippen LogP contribution is 2.34. The lowest BCUT2D eigenvalue weighted by Gasteiger charge is -2.18. The smallest absolute Gasteiger partial charge is 0.120 e. The zero-order valence-electron chi connectivity index (χ0n) is 11.5. The van der Waals surface area contributed by atoms with Crippen LogP contribution >= 0.6 is 31.9 Å². The summed E-state index contributed by atoms with van der Waals surface area (Å²) in [7, 11) is 0. The summed E-state index contributed by atoms with van der Waals surface area (Å²) in [6, 6.07) is 11.9. The van der Waals surface area contributed by atoms with Crippen LogP contribution in [-0.2, 0) is 0 Å². The third-order valence-electron chi connectivity index (χ3n) is 3.17. The zero-order chi connectivity index (χ0) is 14.7. The summed E-state index contributed by atoms with van der Waals surface area (Å²) in [6.45, 7) is 4.69. The van der Waals surface area contributed by atoms with Crippen molar-refractivity contribution in [1.82, 2.24) is 0 Å². The Morgan fingerprint density at radius 2 is 1.90 bits per heavy atom. The van der Waals surface area contributed by atoms with Gasteiger partial charge in [0.05, 0.1) is 12.6 Å². The summed E-state index contributed by atoms with van der Waals surface area (Å²) in [4.78, 5) is 0. The fourth-order valence-electron chi connectivity index (χ4n) is 2.09. The fraction of sp³-hybridized carbons (Fsp3) is 0.250. The third kappa shape index (κ3) is 3.25. The van der Waals surface area contributed by atoms with Crippen LogP contribution < -0.4 is 10.5 Å². The molecule has 2 aromatic rings. The molecule has 0 radical (unpaired) electrons. The number of nitrogens with two attached hydrogens (primary N) is 1. The van der Waals surface area contributed by atoms with Crippen molar-refractivity contribution >= 4 is 31.9 Å². The van der Waals surface area contributed by atoms with E-state index in [1.807, 2.05) is 37.3 Å². The molecule has 0 aliphatic carbocycles. The average Bonchev–Trinajstić information content (AvgIpc) is 2.42. The maximum atomic E-state index is 6.41. The van der Waals surface area contributed by atoms with E-state index in [4.69, 9.17) is 10.5 Å². The first-order valence-corrected chi connectivity index (χ1v) is 8.06. The average molecular weight is 399 g/mol. The highest BCUT2D eigenvalue weighted by atomic mass is 79.9. The number of aryl methyl sites for hydroxylation is 1. The Morgan fingerprint density at radius 3 is 2.55 bits per heavy atom. The normalized spacial score (nSPS) is 12.2. The van der Waals surface area contributed by atoms with Crippen LogP contribution in [0.1, 0.15) is 29.7 Å². The van der Waals surface area contributed by atoms with Crippen LogP contribution in [0.15, 0.2) is 45.3 Å². The van der Waals surface area contributed by atoms with Gasteiger partial charge in [0.2, 0.25) is 0 Å². The van der Waals surface area contributed by atoms with E-state index < -0.39 is 0 Å². The summed E-state index contributed by atoms with van der Waals surface area (Å²) >= 11 is 7.20. The summed E-state index contributed by atoms with van der Waals surface area (Å²) in [6.07, 6.45) is 0. The molecule has 106 valence electrons. The number of halogens is 2. The Bertz CT molecular complexity index is 613. The van der Waals surface area contributed by atoms with Gasteiger partial charge in [-0.25, -0.2) is 0 Å². The van der Waals surface area contributed by atoms with Crippen LogP contribution in [-0.4, -0.2) is 6.61 Å². The van der Waals surface area contributed by atoms with Crippen LogP contribution in [0.5, 0.6) is 5.75 Å². The second-order valence-corrected chi connectivity index (χ2v) is 6.22. The van der Waals surface area contributed by atoms with E-state index in [9.17, 15) is 0 Å². The van der Waals surface area contributed by atoms with Gasteiger partial charge in [0.1, 0.15) is 5.75 Å². The number of ether oxygens (including phenoxy) is 1. The third-order valence-corrected chi connectivity index (χ3v) is 4.94. The number of hydrogen-bond donors (Lipinski definition) is 1. The molecule has 0 saturated heterocycles. The van der Waals surface area contributed by atoms with E-state index in [1.165, 1.54) is 5.56 Å². The molecule has 0 aliphatic heterocycles. The molecular formula is C16H17Br2NO. The van der Waals surface area contributed by atoms with Crippen molar-refractivity contribution in [3.8, 4) is 5.75 Å². The molecule has 2 N–H and O–H groups in total. The Balaban J connectivity index is 2.38. The monoisotopic (exact) mass is 397 g/mol. The van der Waals surface area contributed by atoms with Crippen molar-refractivity contribution in [2.75, 3.05) is 6.61 Å². The molecule has 1 unspecified atom stereocenters. The van der Waals surface area contributed by atoms with Crippen LogP contribution in [0.2, 0.25) is 0 Å². The lowest BCUT2D eigenvalue weighted by Crippen LogP contribution is -2.13. The molecule has 0 heterocycles. The van der Waals surface area contributed by atoms with Crippen molar-refractivity contribution in [2.24, 2.45) is 5.73 Å². The summed E-state index contributed by atoms with van der Waals surface area (Å²) < 4.78 is 7.52. The minimum Gasteiger partial charge on any atom is -0.494 e. The van der Waals surface area contributed by atoms with E-state index in [0.29, 0.717) is 6.61 Å². The van der Waals surface area contributed by atoms with Gasteiger partial charge < -0.3 is 10.5 Å². The summed E-state index contributed by atoms with van der Waals surface area (Å²) in [5.41, 5.74) is 9.71. The molecule has 0 saturated carbocycles. The first-order valence-electron chi connectivity index (χ1n) is 6.47. The van der Waals surface area contributed by atoms with Crippen LogP contribution in [0.4, 0.5) is 0 Å². The molecule has 0 aromatic heterocycles. The molecule has 2 rings (SSSR count). The maximum absolute atomic E-state index is 6.41. The zero-order valence-corrected chi connectivity index (χ0v) is 14.7. The fourth-order valence-corrected chi connectivity index (χ4v) is 3.21. The lowest BCUT2D eigenvalue weighted by atomic mass is 9.98. The minimum atomic E-state index is -0.186. The standard InChI is InChI=1S/C16H17Br2NO/c1-3-20-11-7-8-12(14(17)9-11)16(19)13-6-4-5-10(2)15(13)18/h4-9,16H,3,19H2,1-2H3. The van der Waals surface area contributed by atoms with E-state index in [-0.39, 0.29) is 6.04 Å². The highest BCUT2D eigenvalue weighted by Gasteiger charge is 2.16. The molecule has 20 heavy (non-hydrogen) atoms. The molecule has 0 bridgehead atoms. The van der Waals surface area contributed by atoms with Crippen molar-refractivity contribution in [3.05, 3.63) is 62.0 Å². The molecule has 0 spiro atoms. The highest BCUT2D eigenvalue weighted by molar-refractivity contribution is 9.10. The van der Waals surface area contributed by atoms with Gasteiger partial charge in [-0.05, 0) is 42.7 Å². The van der Waals surface area contributed by atoms with Gasteiger partial charge in [-0.2, -0.15) is 0 Å². The second kappa shape index (κ2) is 6.74. The minimum absolute atomic E-state index is 0.186. The van der Waals surface area contributed by atoms with Gasteiger partial charge in [-0.15, -0.1) is 0 Å². The van der Waals surface area contributed by atoms with Crippen molar-refractivity contribution in [1.29, 1.82) is 0 Å². The first-order chi connectivity index (χ1) is 9.54. The second-order valence-electron chi connectivity index (χ2n) is 4.57. The number of benzene rings is 2. The van der Waals surface area contributed by atoms with Crippen molar-refractivity contribution < 1.29 is 4.74 Å². The van der Waals surface area contributed by atoms with Gasteiger partial charge in [-0.1, -0.05) is 56.1 Å². The predicted octanol–water partition coefficient (Wildman–Crippen LogP) is 4.97. The molecule has 0 fully saturated rings. The SMILES string of the molecule is CCOc1ccc(C(N)c2cccc(C)c2Br)c(Br)c1. The van der Waals surface area contributed by atoms with Gasteiger partial charge in [0, 0.05) is 8.95 Å². The Labute approximate surface area is 136 Å². The first kappa shape index (κ1) is 15.5. The van der Waals surface area contributed by atoms with Crippen LogP contribution in [0.3, 0.4) is 0 Å². The quantitative estimate of drug-likeness (QED) is 0.789. The Hall–Kier alpha value is -0.840. The Morgan fingerprint density at radius 1 is 1.15 bits per heavy atom.